The summed E-state index contributed by atoms with van der Waals surface area (Å²) in [5.74, 6) is 1.71. The van der Waals surface area contributed by atoms with Crippen LogP contribution in [-0.2, 0) is 35.4 Å². The third-order valence-electron chi connectivity index (χ3n) is 7.22. The number of hydrazine groups is 1. The fourth-order valence-corrected chi connectivity index (χ4v) is 6.70. The van der Waals surface area contributed by atoms with Gasteiger partial charge in [-0.1, -0.05) is 86.7 Å². The lowest BCUT2D eigenvalue weighted by molar-refractivity contribution is -0.203. The Labute approximate surface area is 237 Å². The van der Waals surface area contributed by atoms with E-state index in [-0.39, 0.29) is 18.8 Å². The van der Waals surface area contributed by atoms with Crippen LogP contribution in [0.2, 0.25) is 0 Å². The van der Waals surface area contributed by atoms with Crippen LogP contribution in [-0.4, -0.2) is 44.1 Å². The number of hydroxylamine groups is 1. The highest BCUT2D eigenvalue weighted by molar-refractivity contribution is 7.92. The zero-order chi connectivity index (χ0) is 29.2. The van der Waals surface area contributed by atoms with Crippen molar-refractivity contribution in [3.05, 3.63) is 77.9 Å². The molecule has 10 heteroatoms. The average molecular weight is 572 g/mol. The van der Waals surface area contributed by atoms with Gasteiger partial charge >= 0.3 is 0 Å². The number of hydrogen-bond donors (Lipinski definition) is 3. The molecule has 2 unspecified atom stereocenters. The first-order valence-electron chi connectivity index (χ1n) is 13.6. The van der Waals surface area contributed by atoms with Gasteiger partial charge < -0.3 is 4.74 Å². The summed E-state index contributed by atoms with van der Waals surface area (Å²) in [5, 5.41) is 0. The highest BCUT2D eigenvalue weighted by Gasteiger charge is 2.54. The number of amides is 2. The minimum absolute atomic E-state index is 0.0488. The van der Waals surface area contributed by atoms with Crippen LogP contribution < -0.4 is 16.7 Å². The zero-order valence-corrected chi connectivity index (χ0v) is 24.2. The predicted molar refractivity (Wildman–Crippen MR) is 155 cm³/mol. The summed E-state index contributed by atoms with van der Waals surface area (Å²) in [6.07, 6.45) is 6.17. The Balaban J connectivity index is 2.21. The van der Waals surface area contributed by atoms with E-state index in [1.54, 1.807) is 36.4 Å². The molecule has 2 aromatic rings. The van der Waals surface area contributed by atoms with E-state index in [4.69, 9.17) is 15.4 Å². The van der Waals surface area contributed by atoms with Crippen LogP contribution in [0.15, 0.2) is 66.7 Å². The standard InChI is InChI=1S/C30H41N3O6S/c1-22(2)20-25(28(34)32-31)27(29(35)33-39-26-16-10-11-19-38-26)30(40(3,36)37,21-24-14-8-5-9-15-24)18-17-23-12-6-4-7-13-23/h4-9,12-15,17-18,22,25-27H,10-11,16,19-21,31H2,1-3H3,(H,32,34)(H,33,35)/b18-17+/t25-,26?,27+,30?/m1/s1. The van der Waals surface area contributed by atoms with Crippen molar-refractivity contribution in [3.63, 3.8) is 0 Å². The normalized spacial score (nSPS) is 19.1. The molecule has 3 rings (SSSR count). The molecule has 0 aromatic heterocycles. The van der Waals surface area contributed by atoms with E-state index in [1.165, 1.54) is 0 Å². The molecule has 218 valence electrons. The van der Waals surface area contributed by atoms with Crippen LogP contribution in [0.1, 0.15) is 50.7 Å². The van der Waals surface area contributed by atoms with Gasteiger partial charge in [0.05, 0.1) is 11.8 Å². The van der Waals surface area contributed by atoms with Crippen LogP contribution in [0.25, 0.3) is 6.08 Å². The Kier molecular flexibility index (Phi) is 11.4. The lowest BCUT2D eigenvalue weighted by atomic mass is 9.73. The monoisotopic (exact) mass is 571 g/mol. The molecule has 0 spiro atoms. The second-order valence-corrected chi connectivity index (χ2v) is 13.0. The van der Waals surface area contributed by atoms with Gasteiger partial charge in [-0.3, -0.25) is 15.0 Å². The summed E-state index contributed by atoms with van der Waals surface area (Å²) in [7, 11) is -4.06. The van der Waals surface area contributed by atoms with Gasteiger partial charge in [0.1, 0.15) is 4.75 Å². The maximum Gasteiger partial charge on any atom is 0.249 e. The number of ether oxygens (including phenoxy) is 1. The van der Waals surface area contributed by atoms with E-state index in [2.05, 4.69) is 10.9 Å². The SMILES string of the molecule is CC(C)C[C@@H](C(=O)NN)[C@@H](C(=O)NOC1CCCCO1)C(/C=C/c1ccccc1)(Cc1ccccc1)S(C)(=O)=O. The summed E-state index contributed by atoms with van der Waals surface area (Å²) in [4.78, 5) is 33.0. The van der Waals surface area contributed by atoms with E-state index in [9.17, 15) is 18.0 Å². The molecule has 4 atom stereocenters. The molecule has 1 aliphatic heterocycles. The second kappa shape index (κ2) is 14.5. The van der Waals surface area contributed by atoms with E-state index < -0.39 is 44.5 Å². The number of nitrogens with one attached hydrogen (secondary N) is 2. The van der Waals surface area contributed by atoms with Gasteiger partial charge in [0.25, 0.3) is 0 Å². The molecule has 0 bridgehead atoms. The van der Waals surface area contributed by atoms with Crippen molar-refractivity contribution in [1.29, 1.82) is 0 Å². The van der Waals surface area contributed by atoms with Crippen LogP contribution >= 0.6 is 0 Å². The van der Waals surface area contributed by atoms with Gasteiger partial charge in [-0.25, -0.2) is 24.6 Å². The van der Waals surface area contributed by atoms with Gasteiger partial charge in [-0.05, 0) is 42.7 Å². The van der Waals surface area contributed by atoms with Crippen LogP contribution in [0, 0.1) is 17.8 Å². The Morgan fingerprint density at radius 2 is 1.73 bits per heavy atom. The smallest absolute Gasteiger partial charge is 0.249 e. The van der Waals surface area contributed by atoms with Gasteiger partial charge in [-0.15, -0.1) is 0 Å². The number of carbonyl (C=O) groups is 2. The fraction of sp³-hybridized carbons (Fsp3) is 0.467. The lowest BCUT2D eigenvalue weighted by Gasteiger charge is -2.40. The van der Waals surface area contributed by atoms with E-state index in [0.29, 0.717) is 18.6 Å². The third-order valence-corrected chi connectivity index (χ3v) is 9.13. The first-order valence-corrected chi connectivity index (χ1v) is 15.5. The summed E-state index contributed by atoms with van der Waals surface area (Å²) < 4.78 is 31.7. The van der Waals surface area contributed by atoms with E-state index in [0.717, 1.165) is 24.7 Å². The maximum atomic E-state index is 14.1. The van der Waals surface area contributed by atoms with Gasteiger partial charge in [0, 0.05) is 19.3 Å². The summed E-state index contributed by atoms with van der Waals surface area (Å²) in [6, 6.07) is 18.3. The second-order valence-electron chi connectivity index (χ2n) is 10.7. The van der Waals surface area contributed by atoms with Gasteiger partial charge in [0.15, 0.2) is 16.1 Å². The minimum atomic E-state index is -4.06. The van der Waals surface area contributed by atoms with Crippen molar-refractivity contribution in [3.8, 4) is 0 Å². The molecule has 1 heterocycles. The van der Waals surface area contributed by atoms with Gasteiger partial charge in [0.2, 0.25) is 11.8 Å². The molecule has 4 N–H and O–H groups in total. The van der Waals surface area contributed by atoms with Crippen LogP contribution in [0.3, 0.4) is 0 Å². The minimum Gasteiger partial charge on any atom is -0.350 e. The quantitative estimate of drug-likeness (QED) is 0.190. The lowest BCUT2D eigenvalue weighted by Crippen LogP contribution is -2.58. The number of sulfone groups is 1. The highest BCUT2D eigenvalue weighted by Crippen LogP contribution is 2.40. The van der Waals surface area contributed by atoms with Crippen molar-refractivity contribution in [2.45, 2.75) is 57.0 Å². The van der Waals surface area contributed by atoms with Crippen molar-refractivity contribution in [1.82, 2.24) is 10.9 Å². The predicted octanol–water partition coefficient (Wildman–Crippen LogP) is 3.57. The van der Waals surface area contributed by atoms with Crippen molar-refractivity contribution >= 4 is 27.7 Å². The summed E-state index contributed by atoms with van der Waals surface area (Å²) in [5.41, 5.74) is 6.07. The van der Waals surface area contributed by atoms with Gasteiger partial charge in [-0.2, -0.15) is 0 Å². The first-order chi connectivity index (χ1) is 19.1. The number of carbonyl (C=O) groups excluding carboxylic acids is 2. The number of rotatable bonds is 13. The Hall–Kier alpha value is -3.05. The van der Waals surface area contributed by atoms with Crippen molar-refractivity contribution < 1.29 is 27.6 Å². The third kappa shape index (κ3) is 8.23. The molecule has 1 saturated heterocycles. The molecule has 2 aromatic carbocycles. The molecule has 1 aliphatic rings. The molecule has 40 heavy (non-hydrogen) atoms. The van der Waals surface area contributed by atoms with E-state index >= 15 is 0 Å². The molecular formula is C30H41N3O6S. The maximum absolute atomic E-state index is 14.1. The molecule has 0 radical (unpaired) electrons. The largest absolute Gasteiger partial charge is 0.350 e. The van der Waals surface area contributed by atoms with Crippen LogP contribution in [0.5, 0.6) is 0 Å². The number of nitrogens with two attached hydrogens (primary N) is 1. The van der Waals surface area contributed by atoms with E-state index in [1.807, 2.05) is 50.2 Å². The highest BCUT2D eigenvalue weighted by atomic mass is 32.2. The molecule has 9 nitrogen and oxygen atoms in total. The first kappa shape index (κ1) is 31.5. The summed E-state index contributed by atoms with van der Waals surface area (Å²) in [6.45, 7) is 4.30. The summed E-state index contributed by atoms with van der Waals surface area (Å²) >= 11 is 0. The Bertz CT molecular complexity index is 1230. The zero-order valence-electron chi connectivity index (χ0n) is 23.4. The van der Waals surface area contributed by atoms with Crippen molar-refractivity contribution in [2.75, 3.05) is 12.9 Å². The number of hydrogen-bond acceptors (Lipinski definition) is 7. The Morgan fingerprint density at radius 1 is 1.07 bits per heavy atom. The topological polar surface area (TPSA) is 137 Å². The van der Waals surface area contributed by atoms with Crippen molar-refractivity contribution in [2.24, 2.45) is 23.6 Å². The fourth-order valence-electron chi connectivity index (χ4n) is 5.22. The molecule has 0 saturated carbocycles. The molecule has 1 fully saturated rings. The molecule has 2 amide bonds. The average Bonchev–Trinajstić information content (AvgIpc) is 2.94. The Morgan fingerprint density at radius 3 is 2.27 bits per heavy atom. The molecule has 0 aliphatic carbocycles. The van der Waals surface area contributed by atoms with Crippen LogP contribution in [0.4, 0.5) is 0 Å². The molecular weight excluding hydrogens is 530 g/mol. The number of benzene rings is 2.